The maximum absolute atomic E-state index is 11.9. The molecule has 9 heteroatoms. The zero-order valence-electron chi connectivity index (χ0n) is 9.51. The number of aryl methyl sites for hydroxylation is 1. The Bertz CT molecular complexity index is 561. The molecule has 19 heavy (non-hydrogen) atoms. The van der Waals surface area contributed by atoms with Gasteiger partial charge < -0.3 is 0 Å². The average Bonchev–Trinajstić information content (AvgIpc) is 2.34. The molecule has 0 unspecified atom stereocenters. The number of nitrogens with zero attached hydrogens (tertiary/aromatic N) is 2. The number of aromatic nitrogens is 2. The van der Waals surface area contributed by atoms with Gasteiger partial charge in [0.05, 0.1) is 6.61 Å². The maximum Gasteiger partial charge on any atom is 0.523 e. The highest BCUT2D eigenvalue weighted by molar-refractivity contribution is 7.87. The van der Waals surface area contributed by atoms with Crippen LogP contribution in [0.15, 0.2) is 12.4 Å². The van der Waals surface area contributed by atoms with Gasteiger partial charge in [-0.15, -0.1) is 6.42 Å². The Morgan fingerprint density at radius 3 is 2.37 bits per heavy atom. The molecule has 5 nitrogen and oxygen atoms in total. The van der Waals surface area contributed by atoms with Crippen LogP contribution in [0.25, 0.3) is 0 Å². The molecule has 0 fully saturated rings. The predicted molar refractivity (Wildman–Crippen MR) is 59.2 cm³/mol. The van der Waals surface area contributed by atoms with Crippen molar-refractivity contribution in [3.05, 3.63) is 23.8 Å². The molecule has 0 bridgehead atoms. The fourth-order valence-electron chi connectivity index (χ4n) is 1.07. The van der Waals surface area contributed by atoms with Crippen molar-refractivity contribution in [3.8, 4) is 12.3 Å². The van der Waals surface area contributed by atoms with Gasteiger partial charge in [-0.05, 0) is 24.3 Å². The Balaban J connectivity index is 2.41. The van der Waals surface area contributed by atoms with Crippen molar-refractivity contribution in [2.75, 3.05) is 6.61 Å². The van der Waals surface area contributed by atoms with Gasteiger partial charge in [0, 0.05) is 12.4 Å². The molecule has 0 aliphatic carbocycles. The van der Waals surface area contributed by atoms with E-state index in [1.54, 1.807) is 0 Å². The summed E-state index contributed by atoms with van der Waals surface area (Å²) in [6.45, 7) is -0.571. The van der Waals surface area contributed by atoms with Gasteiger partial charge in [0.2, 0.25) is 5.82 Å². The van der Waals surface area contributed by atoms with Crippen LogP contribution in [0.1, 0.15) is 17.8 Å². The van der Waals surface area contributed by atoms with Crippen molar-refractivity contribution in [3.63, 3.8) is 0 Å². The molecule has 1 aromatic heterocycles. The number of terminal acetylenes is 1. The van der Waals surface area contributed by atoms with Crippen molar-refractivity contribution in [1.82, 2.24) is 9.97 Å². The van der Waals surface area contributed by atoms with Crippen LogP contribution in [0.3, 0.4) is 0 Å². The Morgan fingerprint density at radius 2 is 1.89 bits per heavy atom. The molecule has 1 rings (SSSR count). The van der Waals surface area contributed by atoms with E-state index in [2.05, 4.69) is 20.1 Å². The number of alkyl halides is 3. The van der Waals surface area contributed by atoms with Crippen LogP contribution >= 0.6 is 0 Å². The van der Waals surface area contributed by atoms with E-state index in [0.717, 1.165) is 0 Å². The molecule has 0 N–H and O–H groups in total. The lowest BCUT2D eigenvalue weighted by atomic mass is 10.2. The Labute approximate surface area is 108 Å². The molecule has 0 saturated carbocycles. The number of hydrogen-bond donors (Lipinski definition) is 0. The minimum atomic E-state index is -5.52. The van der Waals surface area contributed by atoms with E-state index in [1.807, 2.05) is 0 Å². The second-order valence-electron chi connectivity index (χ2n) is 3.38. The molecule has 0 aliphatic rings. The molecule has 0 aromatic carbocycles. The largest absolute Gasteiger partial charge is 0.523 e. The van der Waals surface area contributed by atoms with Crippen LogP contribution in [-0.4, -0.2) is 30.5 Å². The second-order valence-corrected chi connectivity index (χ2v) is 4.99. The van der Waals surface area contributed by atoms with E-state index in [1.165, 1.54) is 12.4 Å². The minimum Gasteiger partial charge on any atom is -0.263 e. The molecule has 1 heterocycles. The average molecular weight is 294 g/mol. The first-order valence-electron chi connectivity index (χ1n) is 4.99. The molecule has 1 aromatic rings. The first kappa shape index (κ1) is 15.4. The number of halogens is 3. The lowest BCUT2D eigenvalue weighted by Crippen LogP contribution is -2.26. The third-order valence-electron chi connectivity index (χ3n) is 1.97. The topological polar surface area (TPSA) is 69.2 Å². The Morgan fingerprint density at radius 1 is 1.32 bits per heavy atom. The molecule has 0 radical (unpaired) electrons. The molecule has 0 spiro atoms. The summed E-state index contributed by atoms with van der Waals surface area (Å²) in [5.41, 5.74) is -4.78. The van der Waals surface area contributed by atoms with E-state index < -0.39 is 22.2 Å². The Hall–Kier alpha value is -1.66. The summed E-state index contributed by atoms with van der Waals surface area (Å²) in [4.78, 5) is 7.56. The van der Waals surface area contributed by atoms with Crippen molar-refractivity contribution < 1.29 is 25.8 Å². The summed E-state index contributed by atoms with van der Waals surface area (Å²) >= 11 is 0. The molecule has 104 valence electrons. The first-order valence-corrected chi connectivity index (χ1v) is 6.40. The molecular weight excluding hydrogens is 285 g/mol. The van der Waals surface area contributed by atoms with Crippen molar-refractivity contribution in [2.24, 2.45) is 0 Å². The van der Waals surface area contributed by atoms with Crippen molar-refractivity contribution >= 4 is 10.1 Å². The van der Waals surface area contributed by atoms with E-state index >= 15 is 0 Å². The third kappa shape index (κ3) is 4.50. The van der Waals surface area contributed by atoms with Crippen LogP contribution in [-0.2, 0) is 20.7 Å². The van der Waals surface area contributed by atoms with E-state index in [0.29, 0.717) is 5.56 Å². The summed E-state index contributed by atoms with van der Waals surface area (Å²) in [6, 6.07) is 0. The molecule has 0 aliphatic heterocycles. The quantitative estimate of drug-likeness (QED) is 0.354. The van der Waals surface area contributed by atoms with Gasteiger partial charge in [-0.25, -0.2) is 9.97 Å². The molecule has 0 amide bonds. The van der Waals surface area contributed by atoms with E-state index in [-0.39, 0.29) is 18.7 Å². The lowest BCUT2D eigenvalue weighted by Gasteiger charge is -2.07. The monoisotopic (exact) mass is 294 g/mol. The van der Waals surface area contributed by atoms with Gasteiger partial charge >= 0.3 is 15.6 Å². The molecule has 0 atom stereocenters. The van der Waals surface area contributed by atoms with Gasteiger partial charge in [0.25, 0.3) is 0 Å². The SMILES string of the molecule is C#Cc1ncc(CCCOS(=O)(=O)C(F)(F)F)cn1. The van der Waals surface area contributed by atoms with Crippen molar-refractivity contribution in [1.29, 1.82) is 0 Å². The zero-order valence-corrected chi connectivity index (χ0v) is 10.3. The van der Waals surface area contributed by atoms with Crippen LogP contribution in [0, 0.1) is 12.3 Å². The van der Waals surface area contributed by atoms with E-state index in [9.17, 15) is 21.6 Å². The fraction of sp³-hybridized carbons (Fsp3) is 0.400. The fourth-order valence-corrected chi connectivity index (χ4v) is 1.54. The van der Waals surface area contributed by atoms with Gasteiger partial charge in [-0.3, -0.25) is 4.18 Å². The van der Waals surface area contributed by atoms with E-state index in [4.69, 9.17) is 6.42 Å². The van der Waals surface area contributed by atoms with Gasteiger partial charge in [-0.2, -0.15) is 21.6 Å². The highest BCUT2D eigenvalue weighted by Gasteiger charge is 2.47. The lowest BCUT2D eigenvalue weighted by molar-refractivity contribution is -0.0542. The van der Waals surface area contributed by atoms with Crippen LogP contribution < -0.4 is 0 Å². The summed E-state index contributed by atoms with van der Waals surface area (Å²) in [7, 11) is -5.52. The zero-order chi connectivity index (χ0) is 14.5. The minimum absolute atomic E-state index is 0.0775. The molecular formula is C10H9F3N2O3S. The van der Waals surface area contributed by atoms with Crippen molar-refractivity contribution in [2.45, 2.75) is 18.3 Å². The number of hydrogen-bond acceptors (Lipinski definition) is 5. The van der Waals surface area contributed by atoms with Crippen LogP contribution in [0.5, 0.6) is 0 Å². The predicted octanol–water partition coefficient (Wildman–Crippen LogP) is 1.26. The smallest absolute Gasteiger partial charge is 0.263 e. The van der Waals surface area contributed by atoms with Gasteiger partial charge in [-0.1, -0.05) is 0 Å². The van der Waals surface area contributed by atoms with Gasteiger partial charge in [0.15, 0.2) is 0 Å². The standard InChI is InChI=1S/C10H9F3N2O3S/c1-2-9-14-6-8(7-15-9)4-3-5-18-19(16,17)10(11,12)13/h1,6-7H,3-5H2. The van der Waals surface area contributed by atoms with Crippen LogP contribution in [0.4, 0.5) is 13.2 Å². The summed E-state index contributed by atoms with van der Waals surface area (Å²) in [5.74, 6) is 2.40. The molecule has 0 saturated heterocycles. The first-order chi connectivity index (χ1) is 8.76. The summed E-state index contributed by atoms with van der Waals surface area (Å²) in [6.07, 6.45) is 8.23. The maximum atomic E-state index is 11.9. The highest BCUT2D eigenvalue weighted by atomic mass is 32.2. The Kier molecular flexibility index (Phi) is 4.85. The number of rotatable bonds is 5. The summed E-state index contributed by atoms with van der Waals surface area (Å²) in [5, 5.41) is 0. The van der Waals surface area contributed by atoms with Gasteiger partial charge in [0.1, 0.15) is 0 Å². The third-order valence-corrected chi connectivity index (χ3v) is 3.01. The second kappa shape index (κ2) is 5.99. The highest BCUT2D eigenvalue weighted by Crippen LogP contribution is 2.24. The summed E-state index contributed by atoms with van der Waals surface area (Å²) < 4.78 is 60.7. The van der Waals surface area contributed by atoms with Crippen LogP contribution in [0.2, 0.25) is 0 Å². The normalized spacial score (nSPS) is 12.1.